The second-order valence-corrected chi connectivity index (χ2v) is 6.01. The summed E-state index contributed by atoms with van der Waals surface area (Å²) in [6.07, 6.45) is 2.78. The first-order valence-electron chi connectivity index (χ1n) is 8.43. The number of ether oxygens (including phenoxy) is 1. The maximum Gasteiger partial charge on any atom is 0.339 e. The first-order chi connectivity index (χ1) is 14.1. The van der Waals surface area contributed by atoms with Crippen LogP contribution in [-0.4, -0.2) is 43.8 Å². The number of esters is 1. The average molecular weight is 393 g/mol. The number of benzene rings is 1. The van der Waals surface area contributed by atoms with Gasteiger partial charge < -0.3 is 20.4 Å². The number of hydrogen-bond donors (Lipinski definition) is 2. The van der Waals surface area contributed by atoms with E-state index in [1.165, 1.54) is 25.6 Å². The van der Waals surface area contributed by atoms with Crippen molar-refractivity contribution in [1.29, 1.82) is 0 Å². The number of aromatic nitrogens is 5. The number of methoxy groups -OCH3 is 1. The Balaban J connectivity index is 1.65. The number of amides is 1. The number of imidazole rings is 1. The van der Waals surface area contributed by atoms with E-state index in [0.29, 0.717) is 22.5 Å². The predicted molar refractivity (Wildman–Crippen MR) is 102 cm³/mol. The second-order valence-electron chi connectivity index (χ2n) is 6.01. The van der Waals surface area contributed by atoms with Crippen LogP contribution in [0.4, 0.5) is 11.5 Å². The van der Waals surface area contributed by atoms with Gasteiger partial charge in [-0.25, -0.2) is 14.4 Å². The van der Waals surface area contributed by atoms with Gasteiger partial charge in [0.25, 0.3) is 0 Å². The van der Waals surface area contributed by atoms with Crippen LogP contribution in [0, 0.1) is 0 Å². The molecule has 0 aliphatic rings. The van der Waals surface area contributed by atoms with Crippen molar-refractivity contribution < 1.29 is 19.0 Å². The summed E-state index contributed by atoms with van der Waals surface area (Å²) in [6, 6.07) is 8.76. The zero-order valence-electron chi connectivity index (χ0n) is 15.2. The molecule has 0 aliphatic heterocycles. The molecule has 11 heteroatoms. The van der Waals surface area contributed by atoms with E-state index >= 15 is 0 Å². The lowest BCUT2D eigenvalue weighted by atomic mass is 10.2. The molecule has 146 valence electrons. The summed E-state index contributed by atoms with van der Waals surface area (Å²) in [5, 5.41) is 10.1. The number of pyridine rings is 1. The highest BCUT2D eigenvalue weighted by atomic mass is 16.6. The number of anilines is 2. The first-order valence-corrected chi connectivity index (χ1v) is 8.43. The Labute approximate surface area is 163 Å². The maximum atomic E-state index is 12.7. The highest BCUT2D eigenvalue weighted by Crippen LogP contribution is 2.26. The highest BCUT2D eigenvalue weighted by molar-refractivity contribution is 5.95. The fraction of sp³-hybridized carbons (Fsp3) is 0.111. The molecule has 0 unspecified atom stereocenters. The molecular formula is C18H15N7O4. The van der Waals surface area contributed by atoms with Crippen molar-refractivity contribution in [2.75, 3.05) is 18.2 Å². The van der Waals surface area contributed by atoms with Gasteiger partial charge in [-0.1, -0.05) is 12.1 Å². The Hall–Kier alpha value is -4.28. The van der Waals surface area contributed by atoms with Crippen molar-refractivity contribution in [2.24, 2.45) is 0 Å². The standard InChI is InChI=1S/C18H15N7O4/c1-28-18(27)10-6-11(8-20-7-10)21-14(26)9-25-13-5-3-2-4-12(13)22-17(25)15-16(19)24-29-23-15/h2-8H,9H2,1H3,(H2,19,24)(H,21,26). The number of nitrogen functional groups attached to an aromatic ring is 1. The van der Waals surface area contributed by atoms with Crippen LogP contribution in [0.3, 0.4) is 0 Å². The quantitative estimate of drug-likeness (QED) is 0.480. The van der Waals surface area contributed by atoms with Gasteiger partial charge in [0.15, 0.2) is 17.3 Å². The summed E-state index contributed by atoms with van der Waals surface area (Å²) in [7, 11) is 1.27. The van der Waals surface area contributed by atoms with E-state index in [9.17, 15) is 9.59 Å². The molecule has 4 aromatic rings. The number of nitrogens with two attached hydrogens (primary N) is 1. The minimum atomic E-state index is -0.550. The molecule has 0 fully saturated rings. The van der Waals surface area contributed by atoms with Gasteiger partial charge in [0.05, 0.1) is 35.6 Å². The summed E-state index contributed by atoms with van der Waals surface area (Å²) < 4.78 is 11.0. The monoisotopic (exact) mass is 393 g/mol. The Kier molecular flexibility index (Phi) is 4.61. The van der Waals surface area contributed by atoms with Crippen molar-refractivity contribution >= 4 is 34.4 Å². The molecule has 0 saturated heterocycles. The van der Waals surface area contributed by atoms with E-state index in [-0.39, 0.29) is 29.5 Å². The third-order valence-corrected chi connectivity index (χ3v) is 4.13. The second kappa shape index (κ2) is 7.38. The van der Waals surface area contributed by atoms with Gasteiger partial charge in [-0.3, -0.25) is 9.78 Å². The van der Waals surface area contributed by atoms with Crippen LogP contribution in [0.1, 0.15) is 10.4 Å². The summed E-state index contributed by atoms with van der Waals surface area (Å²) in [5.41, 5.74) is 7.99. The van der Waals surface area contributed by atoms with E-state index in [4.69, 9.17) is 5.73 Å². The number of nitrogens with zero attached hydrogens (tertiary/aromatic N) is 5. The third kappa shape index (κ3) is 3.48. The van der Waals surface area contributed by atoms with E-state index in [1.807, 2.05) is 18.2 Å². The van der Waals surface area contributed by atoms with Crippen LogP contribution in [0.25, 0.3) is 22.6 Å². The molecule has 4 rings (SSSR count). The molecule has 0 saturated carbocycles. The Morgan fingerprint density at radius 1 is 1.24 bits per heavy atom. The zero-order chi connectivity index (χ0) is 20.4. The summed E-state index contributed by atoms with van der Waals surface area (Å²) in [6.45, 7) is -0.0927. The van der Waals surface area contributed by atoms with Gasteiger partial charge >= 0.3 is 5.97 Å². The van der Waals surface area contributed by atoms with Crippen LogP contribution in [0.15, 0.2) is 47.4 Å². The van der Waals surface area contributed by atoms with Gasteiger partial charge in [0.2, 0.25) is 5.91 Å². The van der Waals surface area contributed by atoms with Crippen LogP contribution < -0.4 is 11.1 Å². The first kappa shape index (κ1) is 18.1. The summed E-state index contributed by atoms with van der Waals surface area (Å²) in [5.74, 6) is -0.503. The highest BCUT2D eigenvalue weighted by Gasteiger charge is 2.20. The van der Waals surface area contributed by atoms with Crippen LogP contribution in [0.2, 0.25) is 0 Å². The molecule has 0 aliphatic carbocycles. The third-order valence-electron chi connectivity index (χ3n) is 4.13. The van der Waals surface area contributed by atoms with Crippen LogP contribution >= 0.6 is 0 Å². The summed E-state index contributed by atoms with van der Waals surface area (Å²) in [4.78, 5) is 32.8. The Morgan fingerprint density at radius 2 is 2.07 bits per heavy atom. The SMILES string of the molecule is COC(=O)c1cncc(NC(=O)Cn2c(-c3nonc3N)nc3ccccc32)c1. The van der Waals surface area contributed by atoms with Crippen molar-refractivity contribution in [1.82, 2.24) is 24.8 Å². The molecule has 1 amide bonds. The largest absolute Gasteiger partial charge is 0.465 e. The number of nitrogens with one attached hydrogen (secondary N) is 1. The predicted octanol–water partition coefficient (Wildman–Crippen LogP) is 1.49. The Morgan fingerprint density at radius 3 is 2.83 bits per heavy atom. The van der Waals surface area contributed by atoms with E-state index < -0.39 is 5.97 Å². The molecule has 29 heavy (non-hydrogen) atoms. The van der Waals surface area contributed by atoms with Crippen LogP contribution in [0.5, 0.6) is 0 Å². The van der Waals surface area contributed by atoms with Gasteiger partial charge in [-0.15, -0.1) is 0 Å². The number of carbonyl (C=O) groups excluding carboxylic acids is 2. The lowest BCUT2D eigenvalue weighted by Crippen LogP contribution is -2.20. The lowest BCUT2D eigenvalue weighted by Gasteiger charge is -2.09. The molecule has 3 heterocycles. The zero-order valence-corrected chi connectivity index (χ0v) is 15.2. The molecule has 0 bridgehead atoms. The normalized spacial score (nSPS) is 10.8. The molecule has 11 nitrogen and oxygen atoms in total. The fourth-order valence-electron chi connectivity index (χ4n) is 2.85. The van der Waals surface area contributed by atoms with Gasteiger partial charge in [0.1, 0.15) is 6.54 Å². The smallest absolute Gasteiger partial charge is 0.339 e. The van der Waals surface area contributed by atoms with Gasteiger partial charge in [-0.2, -0.15) is 0 Å². The summed E-state index contributed by atoms with van der Waals surface area (Å²) >= 11 is 0. The molecule has 3 N–H and O–H groups in total. The number of rotatable bonds is 5. The number of fused-ring (bicyclic) bond motifs is 1. The molecular weight excluding hydrogens is 378 g/mol. The number of carbonyl (C=O) groups is 2. The van der Waals surface area contributed by atoms with Crippen molar-refractivity contribution in [3.63, 3.8) is 0 Å². The maximum absolute atomic E-state index is 12.7. The van der Waals surface area contributed by atoms with Crippen molar-refractivity contribution in [2.45, 2.75) is 6.54 Å². The van der Waals surface area contributed by atoms with E-state index in [2.05, 4.69) is 35.0 Å². The van der Waals surface area contributed by atoms with Crippen molar-refractivity contribution in [3.05, 3.63) is 48.3 Å². The molecule has 0 atom stereocenters. The van der Waals surface area contributed by atoms with Gasteiger partial charge in [-0.05, 0) is 28.5 Å². The molecule has 1 aromatic carbocycles. The number of hydrogen-bond acceptors (Lipinski definition) is 9. The molecule has 3 aromatic heterocycles. The molecule has 0 radical (unpaired) electrons. The topological polar surface area (TPSA) is 151 Å². The fourth-order valence-corrected chi connectivity index (χ4v) is 2.85. The van der Waals surface area contributed by atoms with E-state index in [0.717, 1.165) is 0 Å². The lowest BCUT2D eigenvalue weighted by molar-refractivity contribution is -0.116. The Bertz CT molecular complexity index is 1210. The minimum Gasteiger partial charge on any atom is -0.465 e. The van der Waals surface area contributed by atoms with Gasteiger partial charge in [0, 0.05) is 6.20 Å². The molecule has 0 spiro atoms. The average Bonchev–Trinajstić information content (AvgIpc) is 3.31. The minimum absolute atomic E-state index is 0.0666. The van der Waals surface area contributed by atoms with Crippen molar-refractivity contribution in [3.8, 4) is 11.5 Å². The van der Waals surface area contributed by atoms with Crippen LogP contribution in [-0.2, 0) is 16.1 Å². The number of para-hydroxylation sites is 2. The van der Waals surface area contributed by atoms with E-state index in [1.54, 1.807) is 10.6 Å².